The van der Waals surface area contributed by atoms with Gasteiger partial charge in [0.05, 0.1) is 0 Å². The number of hydrogen-bond donors (Lipinski definition) is 0. The van der Waals surface area contributed by atoms with Crippen LogP contribution in [0.1, 0.15) is 297 Å². The Bertz CT molecular complexity index is 1380. The van der Waals surface area contributed by atoms with E-state index in [1.807, 2.05) is 0 Å². The van der Waals surface area contributed by atoms with Crippen molar-refractivity contribution in [1.82, 2.24) is 0 Å². The van der Waals surface area contributed by atoms with Crippen LogP contribution in [0.15, 0.2) is 85.1 Å². The molecule has 414 valence electrons. The number of esters is 3. The molecule has 1 unspecified atom stereocenters. The Morgan fingerprint density at radius 2 is 0.556 bits per heavy atom. The van der Waals surface area contributed by atoms with Crippen LogP contribution in [-0.2, 0) is 28.6 Å². The highest BCUT2D eigenvalue weighted by Gasteiger charge is 2.19. The number of rotatable bonds is 55. The van der Waals surface area contributed by atoms with E-state index in [4.69, 9.17) is 14.2 Å². The molecule has 0 aromatic rings. The number of ether oxygens (including phenoxy) is 3. The maximum atomic E-state index is 12.9. The first-order valence-electron chi connectivity index (χ1n) is 30.6. The SMILES string of the molecule is CC/C=C\C/C=C\C/C=C\C/C=C\C/C=C\CCCCCCCCCCCC(=O)OCC(COC(=O)CCCCCCC/C=C\CCCC)OC(=O)CCCCCCCCC/C=C\CCCCCCCCC. The summed E-state index contributed by atoms with van der Waals surface area (Å²) < 4.78 is 16.9. The number of allylic oxidation sites excluding steroid dienone is 14. The van der Waals surface area contributed by atoms with Crippen molar-refractivity contribution in [2.45, 2.75) is 303 Å². The van der Waals surface area contributed by atoms with E-state index in [0.717, 1.165) is 103 Å². The maximum absolute atomic E-state index is 12.9. The van der Waals surface area contributed by atoms with Gasteiger partial charge in [0, 0.05) is 19.3 Å². The average molecular weight is 1000 g/mol. The summed E-state index contributed by atoms with van der Waals surface area (Å²) in [7, 11) is 0. The second-order valence-electron chi connectivity index (χ2n) is 20.2. The highest BCUT2D eigenvalue weighted by molar-refractivity contribution is 5.71. The normalized spacial score (nSPS) is 12.7. The summed E-state index contributed by atoms with van der Waals surface area (Å²) in [6.45, 7) is 6.49. The van der Waals surface area contributed by atoms with E-state index < -0.39 is 6.10 Å². The minimum atomic E-state index is -0.785. The van der Waals surface area contributed by atoms with E-state index in [0.29, 0.717) is 19.3 Å². The molecule has 0 spiro atoms. The van der Waals surface area contributed by atoms with E-state index in [9.17, 15) is 14.4 Å². The molecule has 0 radical (unpaired) electrons. The number of unbranched alkanes of at least 4 members (excludes halogenated alkanes) is 30. The third-order valence-corrected chi connectivity index (χ3v) is 13.1. The fourth-order valence-corrected chi connectivity index (χ4v) is 8.50. The van der Waals surface area contributed by atoms with Crippen molar-refractivity contribution in [1.29, 1.82) is 0 Å². The van der Waals surface area contributed by atoms with Crippen LogP contribution < -0.4 is 0 Å². The molecule has 0 saturated carbocycles. The third kappa shape index (κ3) is 57.5. The van der Waals surface area contributed by atoms with Crippen molar-refractivity contribution in [2.24, 2.45) is 0 Å². The molecule has 0 N–H and O–H groups in total. The van der Waals surface area contributed by atoms with Gasteiger partial charge >= 0.3 is 17.9 Å². The lowest BCUT2D eigenvalue weighted by Crippen LogP contribution is -2.30. The van der Waals surface area contributed by atoms with Crippen LogP contribution in [0.4, 0.5) is 0 Å². The lowest BCUT2D eigenvalue weighted by atomic mass is 10.1. The predicted octanol–water partition coefficient (Wildman–Crippen LogP) is 20.7. The van der Waals surface area contributed by atoms with E-state index >= 15 is 0 Å². The standard InChI is InChI=1S/C66H114O6/c1-4-7-10-13-16-19-22-24-26-28-30-31-32-33-34-35-36-38-39-41-44-47-50-53-56-59-65(68)71-62-63(61-70-64(67)58-55-52-49-46-43-21-18-15-12-9-6-3)72-66(69)60-57-54-51-48-45-42-40-37-29-27-25-23-20-17-14-11-8-5-2/h7,10,15-16,18-19,24,26-27,29-31,33-34,63H,4-6,8-9,11-14,17,20-23,25,28,32,35-62H2,1-3H3/b10-7-,18-15-,19-16-,26-24-,29-27-,31-30-,34-33-. The van der Waals surface area contributed by atoms with E-state index in [1.54, 1.807) is 0 Å². The first-order chi connectivity index (χ1) is 35.5. The zero-order valence-electron chi connectivity index (χ0n) is 47.4. The molecular weight excluding hydrogens is 889 g/mol. The second-order valence-corrected chi connectivity index (χ2v) is 20.2. The molecule has 0 aliphatic carbocycles. The lowest BCUT2D eigenvalue weighted by molar-refractivity contribution is -0.167. The van der Waals surface area contributed by atoms with Gasteiger partial charge in [0.1, 0.15) is 13.2 Å². The Labute approximate surface area is 445 Å². The van der Waals surface area contributed by atoms with Crippen LogP contribution in [0.3, 0.4) is 0 Å². The first-order valence-corrected chi connectivity index (χ1v) is 30.6. The minimum Gasteiger partial charge on any atom is -0.462 e. The highest BCUT2D eigenvalue weighted by atomic mass is 16.6. The van der Waals surface area contributed by atoms with Gasteiger partial charge in [-0.05, 0) is 109 Å². The van der Waals surface area contributed by atoms with Crippen molar-refractivity contribution in [2.75, 3.05) is 13.2 Å². The number of hydrogen-bond acceptors (Lipinski definition) is 6. The largest absolute Gasteiger partial charge is 0.462 e. The van der Waals surface area contributed by atoms with Gasteiger partial charge in [0.15, 0.2) is 6.10 Å². The van der Waals surface area contributed by atoms with E-state index in [-0.39, 0.29) is 31.1 Å². The van der Waals surface area contributed by atoms with Crippen molar-refractivity contribution in [3.8, 4) is 0 Å². The van der Waals surface area contributed by atoms with Gasteiger partial charge in [0.25, 0.3) is 0 Å². The fraction of sp³-hybridized carbons (Fsp3) is 0.742. The molecule has 6 heteroatoms. The Morgan fingerprint density at radius 3 is 0.903 bits per heavy atom. The van der Waals surface area contributed by atoms with Crippen molar-refractivity contribution < 1.29 is 28.6 Å². The quantitative estimate of drug-likeness (QED) is 0.0261. The summed E-state index contributed by atoms with van der Waals surface area (Å²) in [5.74, 6) is -0.895. The molecule has 0 fully saturated rings. The van der Waals surface area contributed by atoms with Crippen LogP contribution in [-0.4, -0.2) is 37.2 Å². The Morgan fingerprint density at radius 1 is 0.292 bits per heavy atom. The molecule has 0 aliphatic rings. The van der Waals surface area contributed by atoms with Gasteiger partial charge in [-0.1, -0.05) is 254 Å². The minimum absolute atomic E-state index is 0.0832. The van der Waals surface area contributed by atoms with Crippen LogP contribution in [0, 0.1) is 0 Å². The molecule has 1 atom stereocenters. The van der Waals surface area contributed by atoms with Crippen molar-refractivity contribution >= 4 is 17.9 Å². The first kappa shape index (κ1) is 68.6. The van der Waals surface area contributed by atoms with Gasteiger partial charge in [-0.25, -0.2) is 0 Å². The monoisotopic (exact) mass is 1000 g/mol. The molecule has 0 rings (SSSR count). The Hall–Kier alpha value is -3.41. The molecule has 0 heterocycles. The third-order valence-electron chi connectivity index (χ3n) is 13.1. The molecule has 72 heavy (non-hydrogen) atoms. The summed E-state index contributed by atoms with van der Waals surface area (Å²) in [5, 5.41) is 0. The Balaban J connectivity index is 4.30. The van der Waals surface area contributed by atoms with Crippen molar-refractivity contribution in [3.05, 3.63) is 85.1 Å². The molecule has 0 saturated heterocycles. The second kappa shape index (κ2) is 60.1. The van der Waals surface area contributed by atoms with Crippen LogP contribution in [0.2, 0.25) is 0 Å². The lowest BCUT2D eigenvalue weighted by Gasteiger charge is -2.18. The van der Waals surface area contributed by atoms with Gasteiger partial charge in [-0.2, -0.15) is 0 Å². The summed E-state index contributed by atoms with van der Waals surface area (Å²) >= 11 is 0. The van der Waals surface area contributed by atoms with Gasteiger partial charge in [-0.3, -0.25) is 14.4 Å². The number of carbonyl (C=O) groups is 3. The maximum Gasteiger partial charge on any atom is 0.306 e. The smallest absolute Gasteiger partial charge is 0.306 e. The fourth-order valence-electron chi connectivity index (χ4n) is 8.50. The topological polar surface area (TPSA) is 78.9 Å². The molecule has 0 aliphatic heterocycles. The van der Waals surface area contributed by atoms with Gasteiger partial charge in [-0.15, -0.1) is 0 Å². The molecule has 6 nitrogen and oxygen atoms in total. The zero-order valence-corrected chi connectivity index (χ0v) is 47.4. The van der Waals surface area contributed by atoms with Gasteiger partial charge < -0.3 is 14.2 Å². The highest BCUT2D eigenvalue weighted by Crippen LogP contribution is 2.15. The van der Waals surface area contributed by atoms with Crippen LogP contribution in [0.5, 0.6) is 0 Å². The summed E-state index contributed by atoms with van der Waals surface area (Å²) in [6.07, 6.45) is 78.7. The van der Waals surface area contributed by atoms with Crippen LogP contribution in [0.25, 0.3) is 0 Å². The zero-order chi connectivity index (χ0) is 52.2. The molecule has 0 amide bonds. The summed E-state index contributed by atoms with van der Waals surface area (Å²) in [5.41, 5.74) is 0. The molecule has 0 aromatic carbocycles. The molecule has 0 bridgehead atoms. The van der Waals surface area contributed by atoms with E-state index in [2.05, 4.69) is 106 Å². The molecule has 0 aromatic heterocycles. The predicted molar refractivity (Wildman–Crippen MR) is 311 cm³/mol. The van der Waals surface area contributed by atoms with E-state index in [1.165, 1.54) is 154 Å². The van der Waals surface area contributed by atoms with Gasteiger partial charge in [0.2, 0.25) is 0 Å². The van der Waals surface area contributed by atoms with Crippen LogP contribution >= 0.6 is 0 Å². The Kier molecular flexibility index (Phi) is 57.3. The average Bonchev–Trinajstić information content (AvgIpc) is 3.38. The number of carbonyl (C=O) groups excluding carboxylic acids is 3. The van der Waals surface area contributed by atoms with Crippen molar-refractivity contribution in [3.63, 3.8) is 0 Å². The summed E-state index contributed by atoms with van der Waals surface area (Å²) in [6, 6.07) is 0. The molecular formula is C66H114O6. The summed E-state index contributed by atoms with van der Waals surface area (Å²) in [4.78, 5) is 38.2.